The molecule has 2 fully saturated rings. The number of hydrogen-bond acceptors (Lipinski definition) is 2. The molecule has 1 aromatic carbocycles. The lowest BCUT2D eigenvalue weighted by Crippen LogP contribution is -2.30. The van der Waals surface area contributed by atoms with Crippen molar-refractivity contribution in [1.82, 2.24) is 0 Å². The largest absolute Gasteiger partial charge is 0.488 e. The van der Waals surface area contributed by atoms with Crippen LogP contribution in [0.3, 0.4) is 0 Å². The van der Waals surface area contributed by atoms with Crippen LogP contribution in [0.2, 0.25) is 0 Å². The van der Waals surface area contributed by atoms with E-state index in [9.17, 15) is 10.0 Å². The molecule has 2 aliphatic rings. The average molecular weight is 216 g/mol. The molecule has 16 heavy (non-hydrogen) atoms. The molecule has 84 valence electrons. The summed E-state index contributed by atoms with van der Waals surface area (Å²) in [5, 5.41) is 18.4. The summed E-state index contributed by atoms with van der Waals surface area (Å²) in [5.41, 5.74) is 1.93. The van der Waals surface area contributed by atoms with Crippen molar-refractivity contribution in [1.29, 1.82) is 0 Å². The van der Waals surface area contributed by atoms with E-state index in [1.807, 2.05) is 12.1 Å². The van der Waals surface area contributed by atoms with Crippen LogP contribution in [0.1, 0.15) is 37.2 Å². The molecular formula is C13H17BO2. The second-order valence-corrected chi connectivity index (χ2v) is 5.33. The second-order valence-electron chi connectivity index (χ2n) is 5.33. The molecule has 0 saturated heterocycles. The van der Waals surface area contributed by atoms with Crippen molar-refractivity contribution in [2.45, 2.75) is 31.6 Å². The predicted molar refractivity (Wildman–Crippen MR) is 64.5 cm³/mol. The zero-order chi connectivity index (χ0) is 11.1. The van der Waals surface area contributed by atoms with Gasteiger partial charge in [0.15, 0.2) is 0 Å². The molecule has 2 nitrogen and oxygen atoms in total. The first kappa shape index (κ1) is 10.4. The molecule has 3 unspecified atom stereocenters. The molecule has 0 amide bonds. The van der Waals surface area contributed by atoms with Crippen molar-refractivity contribution in [3.05, 3.63) is 29.8 Å². The summed E-state index contributed by atoms with van der Waals surface area (Å²) in [7, 11) is -1.33. The highest BCUT2D eigenvalue weighted by Gasteiger charge is 2.40. The molecule has 2 aliphatic carbocycles. The molecule has 0 aromatic heterocycles. The highest BCUT2D eigenvalue weighted by Crippen LogP contribution is 2.52. The maximum atomic E-state index is 9.18. The highest BCUT2D eigenvalue weighted by molar-refractivity contribution is 6.58. The van der Waals surface area contributed by atoms with E-state index in [4.69, 9.17) is 0 Å². The lowest BCUT2D eigenvalue weighted by molar-refractivity contribution is 0.418. The number of fused-ring (bicyclic) bond motifs is 2. The number of rotatable bonds is 2. The molecule has 0 spiro atoms. The number of hydrogen-bond donors (Lipinski definition) is 2. The summed E-state index contributed by atoms with van der Waals surface area (Å²) in [4.78, 5) is 0. The standard InChI is InChI=1S/C13H17BO2/c15-14(16)12-3-1-2-10(8-12)13-7-9-4-5-11(13)6-9/h1-3,8-9,11,13,15-16H,4-7H2. The summed E-state index contributed by atoms with van der Waals surface area (Å²) >= 11 is 0. The molecule has 3 heteroatoms. The highest BCUT2D eigenvalue weighted by atomic mass is 16.4. The second kappa shape index (κ2) is 3.90. The van der Waals surface area contributed by atoms with Gasteiger partial charge in [-0.3, -0.25) is 0 Å². The third kappa shape index (κ3) is 1.68. The Labute approximate surface area is 96.5 Å². The van der Waals surface area contributed by atoms with Crippen LogP contribution < -0.4 is 5.46 Å². The van der Waals surface area contributed by atoms with E-state index in [1.165, 1.54) is 31.2 Å². The molecule has 0 radical (unpaired) electrons. The fourth-order valence-corrected chi connectivity index (χ4v) is 3.60. The third-order valence-corrected chi connectivity index (χ3v) is 4.38. The smallest absolute Gasteiger partial charge is 0.423 e. The van der Waals surface area contributed by atoms with Crippen molar-refractivity contribution < 1.29 is 10.0 Å². The van der Waals surface area contributed by atoms with E-state index in [0.717, 1.165) is 11.8 Å². The Balaban J connectivity index is 1.86. The minimum atomic E-state index is -1.33. The first-order valence-electron chi connectivity index (χ1n) is 6.20. The van der Waals surface area contributed by atoms with E-state index < -0.39 is 7.12 Å². The van der Waals surface area contributed by atoms with Crippen LogP contribution >= 0.6 is 0 Å². The predicted octanol–water partition coefficient (Wildman–Crippen LogP) is 1.27. The molecule has 2 bridgehead atoms. The zero-order valence-electron chi connectivity index (χ0n) is 9.34. The minimum absolute atomic E-state index is 0.625. The topological polar surface area (TPSA) is 40.5 Å². The Kier molecular flexibility index (Phi) is 2.53. The quantitative estimate of drug-likeness (QED) is 0.731. The molecule has 3 rings (SSSR count). The zero-order valence-corrected chi connectivity index (χ0v) is 9.34. The maximum absolute atomic E-state index is 9.18. The monoisotopic (exact) mass is 216 g/mol. The Hall–Kier alpha value is -0.795. The van der Waals surface area contributed by atoms with Crippen LogP contribution in [0.5, 0.6) is 0 Å². The van der Waals surface area contributed by atoms with E-state index in [1.54, 1.807) is 6.07 Å². The SMILES string of the molecule is OB(O)c1cccc(C2CC3CCC2C3)c1. The fraction of sp³-hybridized carbons (Fsp3) is 0.538. The Morgan fingerprint density at radius 1 is 1.12 bits per heavy atom. The molecule has 0 aliphatic heterocycles. The van der Waals surface area contributed by atoms with Crippen molar-refractivity contribution >= 4 is 12.6 Å². The Bertz CT molecular complexity index is 391. The normalized spacial score (nSPS) is 32.0. The average Bonchev–Trinajstić information content (AvgIpc) is 2.91. The Morgan fingerprint density at radius 2 is 2.00 bits per heavy atom. The van der Waals surface area contributed by atoms with Gasteiger partial charge in [0.1, 0.15) is 0 Å². The van der Waals surface area contributed by atoms with Gasteiger partial charge in [0.25, 0.3) is 0 Å². The lowest BCUT2D eigenvalue weighted by atomic mass is 9.76. The van der Waals surface area contributed by atoms with Crippen molar-refractivity contribution in [2.24, 2.45) is 11.8 Å². The molecule has 2 saturated carbocycles. The summed E-state index contributed by atoms with van der Waals surface area (Å²) in [6.07, 6.45) is 5.46. The summed E-state index contributed by atoms with van der Waals surface area (Å²) in [6.45, 7) is 0. The van der Waals surface area contributed by atoms with Crippen LogP contribution in [-0.4, -0.2) is 17.2 Å². The summed E-state index contributed by atoms with van der Waals surface area (Å²) in [5.74, 6) is 2.44. The van der Waals surface area contributed by atoms with E-state index >= 15 is 0 Å². The van der Waals surface area contributed by atoms with Gasteiger partial charge in [-0.2, -0.15) is 0 Å². The number of benzene rings is 1. The van der Waals surface area contributed by atoms with Crippen molar-refractivity contribution in [3.63, 3.8) is 0 Å². The molecule has 3 atom stereocenters. The van der Waals surface area contributed by atoms with Gasteiger partial charge in [0.2, 0.25) is 0 Å². The van der Waals surface area contributed by atoms with Crippen LogP contribution in [0.4, 0.5) is 0 Å². The van der Waals surface area contributed by atoms with Gasteiger partial charge in [-0.25, -0.2) is 0 Å². The first-order valence-corrected chi connectivity index (χ1v) is 6.20. The Morgan fingerprint density at radius 3 is 2.62 bits per heavy atom. The van der Waals surface area contributed by atoms with E-state index in [-0.39, 0.29) is 0 Å². The van der Waals surface area contributed by atoms with Crippen LogP contribution in [0.15, 0.2) is 24.3 Å². The van der Waals surface area contributed by atoms with Crippen LogP contribution in [-0.2, 0) is 0 Å². The molecule has 0 heterocycles. The third-order valence-electron chi connectivity index (χ3n) is 4.38. The van der Waals surface area contributed by atoms with Gasteiger partial charge in [0.05, 0.1) is 0 Å². The minimum Gasteiger partial charge on any atom is -0.423 e. The molecule has 2 N–H and O–H groups in total. The fourth-order valence-electron chi connectivity index (χ4n) is 3.60. The van der Waals surface area contributed by atoms with Gasteiger partial charge in [-0.15, -0.1) is 0 Å². The van der Waals surface area contributed by atoms with Crippen molar-refractivity contribution in [3.8, 4) is 0 Å². The lowest BCUT2D eigenvalue weighted by Gasteiger charge is -2.22. The van der Waals surface area contributed by atoms with Crippen molar-refractivity contribution in [2.75, 3.05) is 0 Å². The van der Waals surface area contributed by atoms with Gasteiger partial charge in [-0.1, -0.05) is 30.7 Å². The summed E-state index contributed by atoms with van der Waals surface area (Å²) < 4.78 is 0. The van der Waals surface area contributed by atoms with E-state index in [2.05, 4.69) is 6.07 Å². The molecular weight excluding hydrogens is 199 g/mol. The van der Waals surface area contributed by atoms with Gasteiger partial charge < -0.3 is 10.0 Å². The van der Waals surface area contributed by atoms with Gasteiger partial charge >= 0.3 is 7.12 Å². The van der Waals surface area contributed by atoms with E-state index in [0.29, 0.717) is 11.4 Å². The van der Waals surface area contributed by atoms with Crippen LogP contribution in [0.25, 0.3) is 0 Å². The van der Waals surface area contributed by atoms with Crippen LogP contribution in [0, 0.1) is 11.8 Å². The summed E-state index contributed by atoms with van der Waals surface area (Å²) in [6, 6.07) is 7.82. The maximum Gasteiger partial charge on any atom is 0.488 e. The molecule has 1 aromatic rings. The van der Waals surface area contributed by atoms with Gasteiger partial charge in [0, 0.05) is 0 Å². The first-order chi connectivity index (χ1) is 7.74. The van der Waals surface area contributed by atoms with Gasteiger partial charge in [-0.05, 0) is 48.0 Å².